The zero-order valence-corrected chi connectivity index (χ0v) is 9.19. The van der Waals surface area contributed by atoms with E-state index in [0.29, 0.717) is 18.1 Å². The lowest BCUT2D eigenvalue weighted by atomic mass is 10.3. The van der Waals surface area contributed by atoms with Gasteiger partial charge in [-0.1, -0.05) is 0 Å². The molecular formula is C11H15NO3. The van der Waals surface area contributed by atoms with Gasteiger partial charge in [0.15, 0.2) is 0 Å². The van der Waals surface area contributed by atoms with Crippen LogP contribution in [0, 0.1) is 0 Å². The number of carbonyl (C=O) groups excluding carboxylic acids is 1. The lowest BCUT2D eigenvalue weighted by Gasteiger charge is -2.09. The van der Waals surface area contributed by atoms with Crippen LogP contribution < -0.4 is 4.74 Å². The van der Waals surface area contributed by atoms with E-state index in [4.69, 9.17) is 9.47 Å². The van der Waals surface area contributed by atoms with Gasteiger partial charge in [-0.15, -0.1) is 0 Å². The highest BCUT2D eigenvalue weighted by Crippen LogP contribution is 2.11. The predicted octanol–water partition coefficient (Wildman–Crippen LogP) is 2.05. The van der Waals surface area contributed by atoms with Crippen molar-refractivity contribution in [2.24, 2.45) is 0 Å². The normalized spacial score (nSPS) is 10.1. The molecule has 0 aliphatic heterocycles. The van der Waals surface area contributed by atoms with E-state index in [1.165, 1.54) is 6.20 Å². The van der Waals surface area contributed by atoms with Gasteiger partial charge < -0.3 is 9.47 Å². The van der Waals surface area contributed by atoms with E-state index in [0.717, 1.165) is 0 Å². The Morgan fingerprint density at radius 1 is 1.47 bits per heavy atom. The first kappa shape index (κ1) is 11.5. The Kier molecular flexibility index (Phi) is 4.09. The van der Waals surface area contributed by atoms with E-state index in [1.807, 2.05) is 13.8 Å². The van der Waals surface area contributed by atoms with Crippen molar-refractivity contribution >= 4 is 5.97 Å². The summed E-state index contributed by atoms with van der Waals surface area (Å²) in [5.41, 5.74) is 0.299. The van der Waals surface area contributed by atoms with Crippen molar-refractivity contribution in [2.45, 2.75) is 26.9 Å². The summed E-state index contributed by atoms with van der Waals surface area (Å²) in [4.78, 5) is 15.2. The molecule has 0 radical (unpaired) electrons. The van der Waals surface area contributed by atoms with Crippen molar-refractivity contribution < 1.29 is 14.3 Å². The average molecular weight is 209 g/mol. The van der Waals surface area contributed by atoms with Gasteiger partial charge in [-0.05, 0) is 32.9 Å². The summed E-state index contributed by atoms with van der Waals surface area (Å²) in [5.74, 6) is 0.242. The first-order chi connectivity index (χ1) is 7.13. The van der Waals surface area contributed by atoms with Crippen molar-refractivity contribution in [2.75, 3.05) is 6.61 Å². The highest BCUT2D eigenvalue weighted by Gasteiger charge is 2.07. The summed E-state index contributed by atoms with van der Waals surface area (Å²) < 4.78 is 10.2. The Morgan fingerprint density at radius 3 is 2.67 bits per heavy atom. The number of hydrogen-bond donors (Lipinski definition) is 0. The van der Waals surface area contributed by atoms with Crippen molar-refractivity contribution in [3.8, 4) is 5.75 Å². The third-order valence-electron chi connectivity index (χ3n) is 1.59. The van der Waals surface area contributed by atoms with Gasteiger partial charge in [0.25, 0.3) is 0 Å². The zero-order chi connectivity index (χ0) is 11.3. The Balaban J connectivity index is 2.67. The van der Waals surface area contributed by atoms with E-state index >= 15 is 0 Å². The van der Waals surface area contributed by atoms with Gasteiger partial charge in [-0.3, -0.25) is 0 Å². The van der Waals surface area contributed by atoms with Crippen LogP contribution in [0.15, 0.2) is 18.3 Å². The standard InChI is InChI=1S/C11H15NO3/c1-4-14-11(13)10-6-5-9(7-12-10)15-8(2)3/h5-8H,4H2,1-3H3. The second-order valence-electron chi connectivity index (χ2n) is 3.27. The van der Waals surface area contributed by atoms with E-state index in [-0.39, 0.29) is 6.10 Å². The van der Waals surface area contributed by atoms with Crippen molar-refractivity contribution in [3.63, 3.8) is 0 Å². The van der Waals surface area contributed by atoms with Crippen LogP contribution in [0.3, 0.4) is 0 Å². The fraction of sp³-hybridized carbons (Fsp3) is 0.455. The van der Waals surface area contributed by atoms with Gasteiger partial charge in [0.05, 0.1) is 18.9 Å². The highest BCUT2D eigenvalue weighted by atomic mass is 16.5. The number of rotatable bonds is 4. The molecule has 0 aromatic carbocycles. The second-order valence-corrected chi connectivity index (χ2v) is 3.27. The maximum absolute atomic E-state index is 11.3. The molecule has 82 valence electrons. The molecule has 0 aliphatic rings. The van der Waals surface area contributed by atoms with E-state index in [1.54, 1.807) is 19.1 Å². The minimum Gasteiger partial charge on any atom is -0.489 e. The minimum absolute atomic E-state index is 0.0974. The number of nitrogens with zero attached hydrogens (tertiary/aromatic N) is 1. The number of hydrogen-bond acceptors (Lipinski definition) is 4. The van der Waals surface area contributed by atoms with E-state index in [9.17, 15) is 4.79 Å². The molecule has 0 amide bonds. The quantitative estimate of drug-likeness (QED) is 0.712. The summed E-state index contributed by atoms with van der Waals surface area (Å²) in [7, 11) is 0. The topological polar surface area (TPSA) is 48.4 Å². The molecule has 1 rings (SSSR count). The summed E-state index contributed by atoms with van der Waals surface area (Å²) in [5, 5.41) is 0. The van der Waals surface area contributed by atoms with Crippen LogP contribution in [-0.4, -0.2) is 23.7 Å². The molecule has 4 nitrogen and oxygen atoms in total. The number of pyridine rings is 1. The Hall–Kier alpha value is -1.58. The van der Waals surface area contributed by atoms with Crippen LogP contribution in [0.25, 0.3) is 0 Å². The molecule has 0 spiro atoms. The van der Waals surface area contributed by atoms with Gasteiger partial charge in [0.2, 0.25) is 0 Å². The van der Waals surface area contributed by atoms with Crippen LogP contribution >= 0.6 is 0 Å². The predicted molar refractivity (Wildman–Crippen MR) is 56.0 cm³/mol. The van der Waals surface area contributed by atoms with Crippen LogP contribution in [0.2, 0.25) is 0 Å². The summed E-state index contributed by atoms with van der Waals surface area (Å²) >= 11 is 0. The molecule has 1 heterocycles. The van der Waals surface area contributed by atoms with Crippen molar-refractivity contribution in [1.29, 1.82) is 0 Å². The van der Waals surface area contributed by atoms with Crippen LogP contribution in [0.4, 0.5) is 0 Å². The van der Waals surface area contributed by atoms with Gasteiger partial charge in [-0.25, -0.2) is 9.78 Å². The molecule has 0 unspecified atom stereocenters. The number of carbonyl (C=O) groups is 1. The highest BCUT2D eigenvalue weighted by molar-refractivity contribution is 5.87. The van der Waals surface area contributed by atoms with Crippen molar-refractivity contribution in [1.82, 2.24) is 4.98 Å². The van der Waals surface area contributed by atoms with Crippen molar-refractivity contribution in [3.05, 3.63) is 24.0 Å². The SMILES string of the molecule is CCOC(=O)c1ccc(OC(C)C)cn1. The molecule has 0 N–H and O–H groups in total. The van der Waals surface area contributed by atoms with Gasteiger partial charge >= 0.3 is 5.97 Å². The molecule has 0 atom stereocenters. The molecular weight excluding hydrogens is 194 g/mol. The minimum atomic E-state index is -0.409. The van der Waals surface area contributed by atoms with E-state index < -0.39 is 5.97 Å². The Morgan fingerprint density at radius 2 is 2.20 bits per heavy atom. The van der Waals surface area contributed by atoms with Crippen LogP contribution in [0.1, 0.15) is 31.3 Å². The summed E-state index contributed by atoms with van der Waals surface area (Å²) in [6.07, 6.45) is 1.62. The smallest absolute Gasteiger partial charge is 0.356 e. The summed E-state index contributed by atoms with van der Waals surface area (Å²) in [6, 6.07) is 3.30. The molecule has 0 saturated heterocycles. The van der Waals surface area contributed by atoms with E-state index in [2.05, 4.69) is 4.98 Å². The molecule has 1 aromatic heterocycles. The average Bonchev–Trinajstić information content (AvgIpc) is 2.18. The third-order valence-corrected chi connectivity index (χ3v) is 1.59. The molecule has 0 saturated carbocycles. The second kappa shape index (κ2) is 5.34. The molecule has 0 bridgehead atoms. The first-order valence-corrected chi connectivity index (χ1v) is 4.93. The fourth-order valence-electron chi connectivity index (χ4n) is 1.05. The van der Waals surface area contributed by atoms with Crippen LogP contribution in [0.5, 0.6) is 5.75 Å². The Labute approximate surface area is 89.2 Å². The molecule has 0 fully saturated rings. The molecule has 15 heavy (non-hydrogen) atoms. The number of aromatic nitrogens is 1. The number of ether oxygens (including phenoxy) is 2. The largest absolute Gasteiger partial charge is 0.489 e. The lowest BCUT2D eigenvalue weighted by molar-refractivity contribution is 0.0519. The fourth-order valence-corrected chi connectivity index (χ4v) is 1.05. The molecule has 1 aromatic rings. The van der Waals surface area contributed by atoms with Gasteiger partial charge in [-0.2, -0.15) is 0 Å². The third kappa shape index (κ3) is 3.58. The maximum atomic E-state index is 11.3. The zero-order valence-electron chi connectivity index (χ0n) is 9.19. The maximum Gasteiger partial charge on any atom is 0.356 e. The number of esters is 1. The molecule has 0 aliphatic carbocycles. The lowest BCUT2D eigenvalue weighted by Crippen LogP contribution is -2.09. The van der Waals surface area contributed by atoms with Gasteiger partial charge in [0.1, 0.15) is 11.4 Å². The monoisotopic (exact) mass is 209 g/mol. The van der Waals surface area contributed by atoms with Gasteiger partial charge in [0, 0.05) is 0 Å². The first-order valence-electron chi connectivity index (χ1n) is 4.93. The summed E-state index contributed by atoms with van der Waals surface area (Å²) in [6.45, 7) is 5.97. The van der Waals surface area contributed by atoms with Crippen LogP contribution in [-0.2, 0) is 4.74 Å². The Bertz CT molecular complexity index is 319. The molecule has 4 heteroatoms.